The minimum absolute atomic E-state index is 0.0884. The number of carbonyl (C=O) groups excluding carboxylic acids is 2. The summed E-state index contributed by atoms with van der Waals surface area (Å²) in [5, 5.41) is 11.3. The molecule has 18 heavy (non-hydrogen) atoms. The lowest BCUT2D eigenvalue weighted by Gasteiger charge is -2.28. The molecule has 0 radical (unpaired) electrons. The van der Waals surface area contributed by atoms with Gasteiger partial charge in [-0.25, -0.2) is 0 Å². The van der Waals surface area contributed by atoms with E-state index in [2.05, 4.69) is 5.32 Å². The highest BCUT2D eigenvalue weighted by Crippen LogP contribution is 2.07. The van der Waals surface area contributed by atoms with Crippen molar-refractivity contribution in [2.75, 3.05) is 13.1 Å². The summed E-state index contributed by atoms with van der Waals surface area (Å²) in [6.07, 6.45) is 0.671. The van der Waals surface area contributed by atoms with E-state index in [0.717, 1.165) is 0 Å². The van der Waals surface area contributed by atoms with Crippen LogP contribution in [0.1, 0.15) is 34.1 Å². The molecule has 104 valence electrons. The van der Waals surface area contributed by atoms with Crippen LogP contribution in [0.15, 0.2) is 0 Å². The normalized spacial score (nSPS) is 12.1. The Morgan fingerprint density at radius 1 is 1.28 bits per heavy atom. The van der Waals surface area contributed by atoms with Gasteiger partial charge in [-0.2, -0.15) is 0 Å². The molecule has 6 nitrogen and oxygen atoms in total. The third-order valence-corrected chi connectivity index (χ3v) is 2.42. The van der Waals surface area contributed by atoms with Crippen molar-refractivity contribution in [3.8, 4) is 0 Å². The van der Waals surface area contributed by atoms with Crippen LogP contribution in [0.5, 0.6) is 0 Å². The molecule has 0 aromatic heterocycles. The predicted molar refractivity (Wildman–Crippen MR) is 66.9 cm³/mol. The zero-order valence-electron chi connectivity index (χ0n) is 11.4. The molecular weight excluding hydrogens is 236 g/mol. The molecule has 0 heterocycles. The predicted octanol–water partition coefficient (Wildman–Crippen LogP) is 0.470. The Bertz CT molecular complexity index is 315. The van der Waals surface area contributed by atoms with E-state index in [-0.39, 0.29) is 24.3 Å². The van der Waals surface area contributed by atoms with Crippen LogP contribution in [0.2, 0.25) is 0 Å². The van der Waals surface area contributed by atoms with Gasteiger partial charge in [0.15, 0.2) is 0 Å². The molecule has 6 heteroatoms. The van der Waals surface area contributed by atoms with Gasteiger partial charge >= 0.3 is 5.97 Å². The molecular formula is C12H22N2O4. The first-order valence-corrected chi connectivity index (χ1v) is 6.07. The summed E-state index contributed by atoms with van der Waals surface area (Å²) in [6.45, 7) is 6.85. The highest BCUT2D eigenvalue weighted by atomic mass is 16.4. The molecule has 2 amide bonds. The second kappa shape index (κ2) is 7.68. The van der Waals surface area contributed by atoms with E-state index in [4.69, 9.17) is 5.11 Å². The van der Waals surface area contributed by atoms with Crippen LogP contribution in [0.4, 0.5) is 0 Å². The fraction of sp³-hybridized carbons (Fsp3) is 0.750. The maximum absolute atomic E-state index is 12.2. The van der Waals surface area contributed by atoms with Crippen LogP contribution < -0.4 is 5.32 Å². The van der Waals surface area contributed by atoms with Crippen molar-refractivity contribution in [1.29, 1.82) is 0 Å². The third-order valence-electron chi connectivity index (χ3n) is 2.42. The summed E-state index contributed by atoms with van der Waals surface area (Å²) in [5.41, 5.74) is 0. The number of carbonyl (C=O) groups is 3. The number of aliphatic carboxylic acids is 1. The molecule has 0 spiro atoms. The zero-order chi connectivity index (χ0) is 14.3. The molecule has 0 aromatic rings. The number of carboxylic acid groups (broad SMARTS) is 1. The highest BCUT2D eigenvalue weighted by Gasteiger charge is 2.28. The topological polar surface area (TPSA) is 86.7 Å². The van der Waals surface area contributed by atoms with Gasteiger partial charge < -0.3 is 15.3 Å². The van der Waals surface area contributed by atoms with Crippen LogP contribution in [-0.4, -0.2) is 46.9 Å². The molecule has 0 aliphatic carbocycles. The Labute approximate surface area is 107 Å². The third kappa shape index (κ3) is 5.65. The largest absolute Gasteiger partial charge is 0.480 e. The van der Waals surface area contributed by atoms with E-state index in [1.54, 1.807) is 0 Å². The first kappa shape index (κ1) is 16.4. The van der Waals surface area contributed by atoms with Crippen LogP contribution >= 0.6 is 0 Å². The molecule has 0 rings (SSSR count). The lowest BCUT2D eigenvalue weighted by Crippen LogP contribution is -2.52. The van der Waals surface area contributed by atoms with Gasteiger partial charge in [0, 0.05) is 13.5 Å². The number of nitrogens with one attached hydrogen (secondary N) is 1. The van der Waals surface area contributed by atoms with Crippen molar-refractivity contribution in [2.45, 2.75) is 40.2 Å². The summed E-state index contributed by atoms with van der Waals surface area (Å²) in [5.74, 6) is -1.78. The van der Waals surface area contributed by atoms with Crippen LogP contribution in [-0.2, 0) is 14.4 Å². The van der Waals surface area contributed by atoms with Crippen molar-refractivity contribution in [3.63, 3.8) is 0 Å². The maximum atomic E-state index is 12.2. The van der Waals surface area contributed by atoms with E-state index < -0.39 is 12.0 Å². The lowest BCUT2D eigenvalue weighted by atomic mass is 10.0. The van der Waals surface area contributed by atoms with Gasteiger partial charge in [-0.3, -0.25) is 14.4 Å². The average Bonchev–Trinajstić information content (AvgIpc) is 2.23. The molecule has 0 aromatic carbocycles. The maximum Gasteiger partial charge on any atom is 0.323 e. The van der Waals surface area contributed by atoms with Crippen LogP contribution in [0.25, 0.3) is 0 Å². The molecule has 0 saturated carbocycles. The highest BCUT2D eigenvalue weighted by molar-refractivity contribution is 5.89. The van der Waals surface area contributed by atoms with Crippen molar-refractivity contribution in [3.05, 3.63) is 0 Å². The van der Waals surface area contributed by atoms with E-state index in [1.807, 2.05) is 20.8 Å². The molecule has 0 fully saturated rings. The summed E-state index contributed by atoms with van der Waals surface area (Å²) >= 11 is 0. The molecule has 2 N–H and O–H groups in total. The quantitative estimate of drug-likeness (QED) is 0.695. The van der Waals surface area contributed by atoms with Gasteiger partial charge in [-0.05, 0) is 12.3 Å². The SMILES string of the molecule is CCCN(CC(=O)O)C(=O)C(NC(C)=O)C(C)C. The van der Waals surface area contributed by atoms with Gasteiger partial charge in [0.05, 0.1) is 0 Å². The second-order valence-corrected chi connectivity index (χ2v) is 4.58. The number of hydrogen-bond donors (Lipinski definition) is 2. The number of carboxylic acids is 1. The van der Waals surface area contributed by atoms with E-state index in [1.165, 1.54) is 11.8 Å². The molecule has 1 unspecified atom stereocenters. The average molecular weight is 258 g/mol. The fourth-order valence-corrected chi connectivity index (χ4v) is 1.63. The molecule has 0 aliphatic rings. The minimum Gasteiger partial charge on any atom is -0.480 e. The van der Waals surface area contributed by atoms with Crippen molar-refractivity contribution in [1.82, 2.24) is 10.2 Å². The Hall–Kier alpha value is -1.59. The molecule has 0 bridgehead atoms. The fourth-order valence-electron chi connectivity index (χ4n) is 1.63. The summed E-state index contributed by atoms with van der Waals surface area (Å²) in [7, 11) is 0. The first-order chi connectivity index (χ1) is 8.29. The Kier molecular flexibility index (Phi) is 7.00. The van der Waals surface area contributed by atoms with Gasteiger partial charge in [0.2, 0.25) is 11.8 Å². The van der Waals surface area contributed by atoms with Crippen molar-refractivity contribution < 1.29 is 19.5 Å². The lowest BCUT2D eigenvalue weighted by molar-refractivity contribution is -0.146. The van der Waals surface area contributed by atoms with E-state index in [0.29, 0.717) is 13.0 Å². The van der Waals surface area contributed by atoms with Gasteiger partial charge in [-0.1, -0.05) is 20.8 Å². The van der Waals surface area contributed by atoms with Crippen LogP contribution in [0.3, 0.4) is 0 Å². The summed E-state index contributed by atoms with van der Waals surface area (Å²) in [4.78, 5) is 35.3. The second-order valence-electron chi connectivity index (χ2n) is 4.58. The minimum atomic E-state index is -1.05. The number of nitrogens with zero attached hydrogens (tertiary/aromatic N) is 1. The molecule has 0 aliphatic heterocycles. The van der Waals surface area contributed by atoms with E-state index in [9.17, 15) is 14.4 Å². The number of amides is 2. The van der Waals surface area contributed by atoms with Gasteiger partial charge in [0.1, 0.15) is 12.6 Å². The number of hydrogen-bond acceptors (Lipinski definition) is 3. The van der Waals surface area contributed by atoms with E-state index >= 15 is 0 Å². The zero-order valence-corrected chi connectivity index (χ0v) is 11.4. The number of rotatable bonds is 7. The Balaban J connectivity index is 4.87. The van der Waals surface area contributed by atoms with Crippen molar-refractivity contribution >= 4 is 17.8 Å². The first-order valence-electron chi connectivity index (χ1n) is 6.07. The standard InChI is InChI=1S/C12H22N2O4/c1-5-6-14(7-10(16)17)12(18)11(8(2)3)13-9(4)15/h8,11H,5-7H2,1-4H3,(H,13,15)(H,16,17). The van der Waals surface area contributed by atoms with Crippen molar-refractivity contribution in [2.24, 2.45) is 5.92 Å². The smallest absolute Gasteiger partial charge is 0.323 e. The Morgan fingerprint density at radius 2 is 1.83 bits per heavy atom. The summed E-state index contributed by atoms with van der Waals surface area (Å²) in [6, 6.07) is -0.673. The van der Waals surface area contributed by atoms with Crippen LogP contribution in [0, 0.1) is 5.92 Å². The Morgan fingerprint density at radius 3 is 2.17 bits per heavy atom. The van der Waals surface area contributed by atoms with Gasteiger partial charge in [0.25, 0.3) is 0 Å². The molecule has 0 saturated heterocycles. The van der Waals surface area contributed by atoms with Gasteiger partial charge in [-0.15, -0.1) is 0 Å². The molecule has 1 atom stereocenters. The monoisotopic (exact) mass is 258 g/mol. The summed E-state index contributed by atoms with van der Waals surface area (Å²) < 4.78 is 0.